The van der Waals surface area contributed by atoms with Crippen LogP contribution in [0.2, 0.25) is 0 Å². The minimum absolute atomic E-state index is 0.204. The van der Waals surface area contributed by atoms with E-state index in [1.165, 1.54) is 4.31 Å². The van der Waals surface area contributed by atoms with E-state index in [1.807, 2.05) is 19.1 Å². The molecule has 0 aliphatic carbocycles. The molecule has 1 fully saturated rings. The molecule has 160 valence electrons. The maximum absolute atomic E-state index is 13.0. The van der Waals surface area contributed by atoms with Crippen molar-refractivity contribution in [3.05, 3.63) is 60.2 Å². The summed E-state index contributed by atoms with van der Waals surface area (Å²) < 4.78 is 27.5. The number of amides is 2. The summed E-state index contributed by atoms with van der Waals surface area (Å²) in [5, 5.41) is 5.16. The third-order valence-corrected chi connectivity index (χ3v) is 7.17. The molecule has 1 heterocycles. The lowest BCUT2D eigenvalue weighted by Crippen LogP contribution is -2.45. The average Bonchev–Trinajstić information content (AvgIpc) is 2.76. The summed E-state index contributed by atoms with van der Waals surface area (Å²) >= 11 is 0. The summed E-state index contributed by atoms with van der Waals surface area (Å²) in [6.45, 7) is 2.63. The number of anilines is 1. The Balaban J connectivity index is 1.55. The zero-order valence-corrected chi connectivity index (χ0v) is 17.8. The number of hydrogen-bond donors (Lipinski definition) is 2. The molecule has 30 heavy (non-hydrogen) atoms. The summed E-state index contributed by atoms with van der Waals surface area (Å²) in [4.78, 5) is 24.4. The van der Waals surface area contributed by atoms with E-state index >= 15 is 0 Å². The molecule has 2 N–H and O–H groups in total. The summed E-state index contributed by atoms with van der Waals surface area (Å²) in [6.07, 6.45) is 2.94. The van der Waals surface area contributed by atoms with Crippen LogP contribution in [0.25, 0.3) is 0 Å². The zero-order chi connectivity index (χ0) is 21.6. The van der Waals surface area contributed by atoms with Gasteiger partial charge in [-0.15, -0.1) is 0 Å². The molecule has 1 aliphatic heterocycles. The number of aryl methyl sites for hydroxylation is 1. The van der Waals surface area contributed by atoms with Crippen LogP contribution in [-0.4, -0.2) is 43.7 Å². The van der Waals surface area contributed by atoms with Crippen LogP contribution in [0.1, 0.15) is 31.2 Å². The summed E-state index contributed by atoms with van der Waals surface area (Å²) in [6, 6.07) is 15.3. The molecule has 8 heteroatoms. The molecule has 0 bridgehead atoms. The van der Waals surface area contributed by atoms with Gasteiger partial charge in [-0.05, 0) is 50.5 Å². The van der Waals surface area contributed by atoms with Crippen molar-refractivity contribution in [3.8, 4) is 0 Å². The number of piperidine rings is 1. The van der Waals surface area contributed by atoms with Gasteiger partial charge in [-0.1, -0.05) is 42.3 Å². The first kappa shape index (κ1) is 22.0. The molecule has 2 aromatic rings. The number of sulfonamides is 1. The van der Waals surface area contributed by atoms with E-state index in [-0.39, 0.29) is 17.5 Å². The van der Waals surface area contributed by atoms with Crippen LogP contribution < -0.4 is 10.6 Å². The Hall–Kier alpha value is -2.71. The van der Waals surface area contributed by atoms with E-state index in [4.69, 9.17) is 0 Å². The van der Waals surface area contributed by atoms with Crippen molar-refractivity contribution in [2.24, 2.45) is 0 Å². The molecule has 1 unspecified atom stereocenters. The molecule has 1 saturated heterocycles. The molecule has 0 radical (unpaired) electrons. The van der Waals surface area contributed by atoms with Gasteiger partial charge in [0.1, 0.15) is 0 Å². The van der Waals surface area contributed by atoms with Crippen molar-refractivity contribution in [2.75, 3.05) is 18.4 Å². The SMILES string of the molecule is Cc1ccc(NC(=O)C(=O)NCCC2CCCCN2S(=O)(=O)c2ccccc2)cc1. The fraction of sp³-hybridized carbons (Fsp3) is 0.364. The second kappa shape index (κ2) is 9.86. The Morgan fingerprint density at radius 2 is 1.70 bits per heavy atom. The molecule has 7 nitrogen and oxygen atoms in total. The van der Waals surface area contributed by atoms with Crippen molar-refractivity contribution in [2.45, 2.75) is 43.5 Å². The standard InChI is InChI=1S/C22H27N3O4S/c1-17-10-12-18(13-11-17)24-22(27)21(26)23-15-14-19-7-5-6-16-25(19)30(28,29)20-8-3-2-4-9-20/h2-4,8-13,19H,5-7,14-16H2,1H3,(H,23,26)(H,24,27). The summed E-state index contributed by atoms with van der Waals surface area (Å²) in [5.41, 5.74) is 1.60. The maximum Gasteiger partial charge on any atom is 0.313 e. The van der Waals surface area contributed by atoms with Crippen LogP contribution in [-0.2, 0) is 19.6 Å². The van der Waals surface area contributed by atoms with Gasteiger partial charge in [-0.3, -0.25) is 9.59 Å². The Kier molecular flexibility index (Phi) is 7.23. The largest absolute Gasteiger partial charge is 0.348 e. The van der Waals surface area contributed by atoms with Crippen LogP contribution in [0.4, 0.5) is 5.69 Å². The molecule has 0 aromatic heterocycles. The van der Waals surface area contributed by atoms with Crippen molar-refractivity contribution in [3.63, 3.8) is 0 Å². The van der Waals surface area contributed by atoms with E-state index < -0.39 is 21.8 Å². The van der Waals surface area contributed by atoms with Gasteiger partial charge in [0.2, 0.25) is 10.0 Å². The van der Waals surface area contributed by atoms with Crippen molar-refractivity contribution < 1.29 is 18.0 Å². The van der Waals surface area contributed by atoms with E-state index in [0.29, 0.717) is 18.7 Å². The third-order valence-electron chi connectivity index (χ3n) is 5.20. The number of benzene rings is 2. The normalized spacial score (nSPS) is 17.3. The fourth-order valence-electron chi connectivity index (χ4n) is 3.56. The van der Waals surface area contributed by atoms with Gasteiger partial charge in [0, 0.05) is 24.8 Å². The fourth-order valence-corrected chi connectivity index (χ4v) is 5.31. The van der Waals surface area contributed by atoms with Crippen LogP contribution in [0.3, 0.4) is 0 Å². The predicted molar refractivity (Wildman–Crippen MR) is 115 cm³/mol. The zero-order valence-electron chi connectivity index (χ0n) is 17.0. The van der Waals surface area contributed by atoms with Crippen LogP contribution in [0.15, 0.2) is 59.5 Å². The number of nitrogens with one attached hydrogen (secondary N) is 2. The second-order valence-corrected chi connectivity index (χ2v) is 9.33. The van der Waals surface area contributed by atoms with Gasteiger partial charge in [-0.2, -0.15) is 4.31 Å². The molecular weight excluding hydrogens is 402 g/mol. The first-order valence-electron chi connectivity index (χ1n) is 10.1. The highest BCUT2D eigenvalue weighted by molar-refractivity contribution is 7.89. The molecular formula is C22H27N3O4S. The van der Waals surface area contributed by atoms with Gasteiger partial charge < -0.3 is 10.6 Å². The minimum atomic E-state index is -3.58. The summed E-state index contributed by atoms with van der Waals surface area (Å²) in [7, 11) is -3.58. The first-order valence-corrected chi connectivity index (χ1v) is 11.5. The number of nitrogens with zero attached hydrogens (tertiary/aromatic N) is 1. The monoisotopic (exact) mass is 429 g/mol. The number of carbonyl (C=O) groups excluding carboxylic acids is 2. The quantitative estimate of drug-likeness (QED) is 0.690. The Morgan fingerprint density at radius 3 is 2.40 bits per heavy atom. The van der Waals surface area contributed by atoms with Crippen molar-refractivity contribution in [1.82, 2.24) is 9.62 Å². The number of hydrogen-bond acceptors (Lipinski definition) is 4. The average molecular weight is 430 g/mol. The van der Waals surface area contributed by atoms with Gasteiger partial charge in [0.15, 0.2) is 0 Å². The second-order valence-electron chi connectivity index (χ2n) is 7.44. The van der Waals surface area contributed by atoms with E-state index in [2.05, 4.69) is 10.6 Å². The topological polar surface area (TPSA) is 95.6 Å². The van der Waals surface area contributed by atoms with Gasteiger partial charge in [0.25, 0.3) is 0 Å². The van der Waals surface area contributed by atoms with Crippen LogP contribution >= 0.6 is 0 Å². The lowest BCUT2D eigenvalue weighted by Gasteiger charge is -2.34. The molecule has 1 atom stereocenters. The molecule has 2 aromatic carbocycles. The molecule has 3 rings (SSSR count). The van der Waals surface area contributed by atoms with Gasteiger partial charge in [-0.25, -0.2) is 8.42 Å². The smallest absolute Gasteiger partial charge is 0.313 e. The molecule has 0 saturated carbocycles. The Labute approximate surface area is 177 Å². The third kappa shape index (κ3) is 5.46. The number of rotatable bonds is 6. The predicted octanol–water partition coefficient (Wildman–Crippen LogP) is 2.68. The van der Waals surface area contributed by atoms with Crippen molar-refractivity contribution in [1.29, 1.82) is 0 Å². The van der Waals surface area contributed by atoms with E-state index in [9.17, 15) is 18.0 Å². The molecule has 2 amide bonds. The van der Waals surface area contributed by atoms with E-state index in [1.54, 1.807) is 42.5 Å². The van der Waals surface area contributed by atoms with Crippen LogP contribution in [0, 0.1) is 6.92 Å². The Morgan fingerprint density at radius 1 is 1.00 bits per heavy atom. The van der Waals surface area contributed by atoms with Gasteiger partial charge >= 0.3 is 11.8 Å². The van der Waals surface area contributed by atoms with Gasteiger partial charge in [0.05, 0.1) is 4.90 Å². The van der Waals surface area contributed by atoms with Crippen molar-refractivity contribution >= 4 is 27.5 Å². The number of carbonyl (C=O) groups is 2. The maximum atomic E-state index is 13.0. The highest BCUT2D eigenvalue weighted by Crippen LogP contribution is 2.26. The highest BCUT2D eigenvalue weighted by atomic mass is 32.2. The molecule has 0 spiro atoms. The highest BCUT2D eigenvalue weighted by Gasteiger charge is 2.33. The minimum Gasteiger partial charge on any atom is -0.348 e. The van der Waals surface area contributed by atoms with Crippen LogP contribution in [0.5, 0.6) is 0 Å². The lowest BCUT2D eigenvalue weighted by molar-refractivity contribution is -0.136. The first-order chi connectivity index (χ1) is 14.4. The summed E-state index contributed by atoms with van der Waals surface area (Å²) in [5.74, 6) is -1.47. The lowest BCUT2D eigenvalue weighted by atomic mass is 10.0. The van der Waals surface area contributed by atoms with E-state index in [0.717, 1.165) is 24.8 Å². The Bertz CT molecular complexity index is 975. The molecule has 1 aliphatic rings.